The van der Waals surface area contributed by atoms with Crippen molar-refractivity contribution < 1.29 is 47.5 Å². The lowest BCUT2D eigenvalue weighted by molar-refractivity contribution is -0.139. The van der Waals surface area contributed by atoms with E-state index in [-0.39, 0.29) is 35.6 Å². The summed E-state index contributed by atoms with van der Waals surface area (Å²) in [7, 11) is -1.86. The molecule has 3 heterocycles. The number of allylic oxidation sites excluding steroid dienone is 2. The molecule has 4 aliphatic rings. The Kier molecular flexibility index (Phi) is 9.30. The minimum Gasteiger partial charge on any atom is -0.507 e. The average molecular weight is 819 g/mol. The first-order valence-corrected chi connectivity index (χ1v) is 18.7. The van der Waals surface area contributed by atoms with E-state index in [0.29, 0.717) is 50.1 Å². The van der Waals surface area contributed by atoms with Crippen LogP contribution in [0.5, 0.6) is 5.75 Å². The average Bonchev–Trinajstić information content (AvgIpc) is 3.54. The van der Waals surface area contributed by atoms with Crippen molar-refractivity contribution >= 4 is 70.9 Å². The van der Waals surface area contributed by atoms with Gasteiger partial charge in [-0.1, -0.05) is 71.2 Å². The van der Waals surface area contributed by atoms with Crippen molar-refractivity contribution in [3.05, 3.63) is 122 Å². The molecule has 3 fully saturated rings. The summed E-state index contributed by atoms with van der Waals surface area (Å²) in [6.45, 7) is 3.37. The number of aromatic hydroxyl groups is 1. The van der Waals surface area contributed by atoms with Crippen LogP contribution in [-0.2, 0) is 30.8 Å². The van der Waals surface area contributed by atoms with Crippen LogP contribution in [0.25, 0.3) is 0 Å². The molecular formula is C40H32BCl2F3N4O7. The van der Waals surface area contributed by atoms with E-state index in [9.17, 15) is 42.7 Å². The zero-order valence-corrected chi connectivity index (χ0v) is 31.6. The number of halogens is 5. The predicted octanol–water partition coefficient (Wildman–Crippen LogP) is 5.60. The quantitative estimate of drug-likeness (QED) is 0.110. The van der Waals surface area contributed by atoms with E-state index in [4.69, 9.17) is 23.2 Å². The number of nitrogens with zero attached hydrogens (tertiary/aromatic N) is 3. The van der Waals surface area contributed by atoms with Gasteiger partial charge in [0, 0.05) is 17.1 Å². The summed E-state index contributed by atoms with van der Waals surface area (Å²) < 4.78 is 40.5. The fourth-order valence-electron chi connectivity index (χ4n) is 9.39. The van der Waals surface area contributed by atoms with Crippen LogP contribution in [-0.4, -0.2) is 55.9 Å². The van der Waals surface area contributed by atoms with Crippen LogP contribution in [0, 0.1) is 37.5 Å². The monoisotopic (exact) mass is 818 g/mol. The first-order valence-electron chi connectivity index (χ1n) is 17.9. The van der Waals surface area contributed by atoms with E-state index < -0.39 is 82.5 Å². The highest BCUT2D eigenvalue weighted by atomic mass is 35.5. The third kappa shape index (κ3) is 5.93. The van der Waals surface area contributed by atoms with E-state index in [1.54, 1.807) is 50.2 Å². The molecule has 8 rings (SSSR count). The number of carbonyl (C=O) groups excluding carboxylic acids is 4. The Bertz CT molecular complexity index is 2410. The zero-order valence-electron chi connectivity index (χ0n) is 30.1. The number of aryl methyl sites for hydroxylation is 2. The van der Waals surface area contributed by atoms with Crippen molar-refractivity contribution in [2.24, 2.45) is 23.7 Å². The van der Waals surface area contributed by atoms with Crippen molar-refractivity contribution in [1.82, 2.24) is 9.99 Å². The molecule has 2 aliphatic carbocycles. The molecule has 11 nitrogen and oxygen atoms in total. The number of alkyl halides is 3. The molecule has 2 aliphatic heterocycles. The number of amides is 4. The number of fused-ring (bicyclic) bond motifs is 4. The summed E-state index contributed by atoms with van der Waals surface area (Å²) in [5.74, 6) is -7.80. The molecule has 0 unspecified atom stereocenters. The van der Waals surface area contributed by atoms with Crippen LogP contribution in [0.2, 0.25) is 10.0 Å². The van der Waals surface area contributed by atoms with Crippen LogP contribution in [0.1, 0.15) is 46.6 Å². The summed E-state index contributed by atoms with van der Waals surface area (Å²) in [6.07, 6.45) is -2.40. The number of imide groups is 2. The molecule has 1 saturated carbocycles. The minimum absolute atomic E-state index is 0.0171. The second kappa shape index (κ2) is 13.7. The SMILES string of the molecule is Cc1cc([C@H]2C3=CC[C@@H]4C(=O)N(c5cccc(B(O)O)c5)C(=O)[C@@H]4[C@@H]3C[C@H]3C(=O)N(Nc4ncc(C(F)(F)F)cc4Cl)C(=O)[C@@]23c2ccc(Cl)cc2)cc(C)c1O. The highest BCUT2D eigenvalue weighted by Crippen LogP contribution is 2.64. The molecule has 292 valence electrons. The summed E-state index contributed by atoms with van der Waals surface area (Å²) in [6, 6.07) is 16.2. The van der Waals surface area contributed by atoms with Gasteiger partial charge in [-0.05, 0) is 90.7 Å². The van der Waals surface area contributed by atoms with Crippen molar-refractivity contribution in [2.45, 2.75) is 44.2 Å². The summed E-state index contributed by atoms with van der Waals surface area (Å²) in [5.41, 5.74) is 2.39. The lowest BCUT2D eigenvalue weighted by Gasteiger charge is -2.50. The number of aromatic nitrogens is 1. The normalized spacial score (nSPS) is 25.6. The van der Waals surface area contributed by atoms with Gasteiger partial charge >= 0.3 is 13.3 Å². The fraction of sp³-hybridized carbons (Fsp3) is 0.275. The molecule has 4 amide bonds. The molecule has 3 aromatic carbocycles. The number of nitrogens with one attached hydrogen (secondary N) is 1. The van der Waals surface area contributed by atoms with E-state index in [0.717, 1.165) is 4.90 Å². The molecule has 6 atom stereocenters. The number of hydrazine groups is 1. The minimum atomic E-state index is -4.77. The number of anilines is 2. The number of carbonyl (C=O) groups is 4. The van der Waals surface area contributed by atoms with Crippen LogP contribution in [0.15, 0.2) is 84.6 Å². The van der Waals surface area contributed by atoms with E-state index >= 15 is 4.79 Å². The summed E-state index contributed by atoms with van der Waals surface area (Å²) in [5, 5.41) is 31.1. The summed E-state index contributed by atoms with van der Waals surface area (Å²) in [4.78, 5) is 63.8. The number of pyridine rings is 1. The van der Waals surface area contributed by atoms with Gasteiger partial charge in [0.05, 0.1) is 39.4 Å². The smallest absolute Gasteiger partial charge is 0.488 e. The Morgan fingerprint density at radius 1 is 0.912 bits per heavy atom. The Morgan fingerprint density at radius 3 is 2.23 bits per heavy atom. The molecule has 0 spiro atoms. The van der Waals surface area contributed by atoms with Crippen LogP contribution in [0.4, 0.5) is 24.7 Å². The number of phenols is 1. The van der Waals surface area contributed by atoms with Crippen LogP contribution < -0.4 is 15.8 Å². The van der Waals surface area contributed by atoms with Gasteiger partial charge in [0.15, 0.2) is 5.82 Å². The third-order valence-corrected chi connectivity index (χ3v) is 12.4. The maximum atomic E-state index is 15.4. The molecule has 2 saturated heterocycles. The van der Waals surface area contributed by atoms with Crippen LogP contribution >= 0.6 is 23.2 Å². The van der Waals surface area contributed by atoms with Gasteiger partial charge in [-0.2, -0.15) is 18.2 Å². The Morgan fingerprint density at radius 2 is 1.60 bits per heavy atom. The predicted molar refractivity (Wildman–Crippen MR) is 203 cm³/mol. The number of hydrogen-bond acceptors (Lipinski definition) is 9. The second-order valence-electron chi connectivity index (χ2n) is 14.9. The van der Waals surface area contributed by atoms with Gasteiger partial charge in [0.1, 0.15) is 5.75 Å². The zero-order chi connectivity index (χ0) is 40.9. The third-order valence-electron chi connectivity index (χ3n) is 11.8. The highest BCUT2D eigenvalue weighted by molar-refractivity contribution is 6.58. The Balaban J connectivity index is 1.31. The van der Waals surface area contributed by atoms with Gasteiger partial charge in [-0.25, -0.2) is 4.98 Å². The Hall–Kier alpha value is -5.22. The molecule has 17 heteroatoms. The lowest BCUT2D eigenvalue weighted by atomic mass is 9.49. The van der Waals surface area contributed by atoms with Crippen LogP contribution in [0.3, 0.4) is 0 Å². The highest BCUT2D eigenvalue weighted by Gasteiger charge is 2.70. The first kappa shape index (κ1) is 38.6. The van der Waals surface area contributed by atoms with Crippen molar-refractivity contribution in [2.75, 3.05) is 10.3 Å². The van der Waals surface area contributed by atoms with E-state index in [2.05, 4.69) is 10.4 Å². The molecule has 4 N–H and O–H groups in total. The van der Waals surface area contributed by atoms with Gasteiger partial charge in [-0.15, -0.1) is 0 Å². The topological polar surface area (TPSA) is 160 Å². The maximum absolute atomic E-state index is 15.4. The van der Waals surface area contributed by atoms with E-state index in [1.807, 2.05) is 6.08 Å². The van der Waals surface area contributed by atoms with Crippen molar-refractivity contribution in [1.29, 1.82) is 0 Å². The van der Waals surface area contributed by atoms with Gasteiger partial charge < -0.3 is 15.2 Å². The molecule has 1 aromatic heterocycles. The largest absolute Gasteiger partial charge is 0.507 e. The van der Waals surface area contributed by atoms with Crippen molar-refractivity contribution in [3.63, 3.8) is 0 Å². The Labute approximate surface area is 333 Å². The van der Waals surface area contributed by atoms with Crippen molar-refractivity contribution in [3.8, 4) is 5.75 Å². The number of rotatable bonds is 6. The molecule has 57 heavy (non-hydrogen) atoms. The molecular weight excluding hydrogens is 787 g/mol. The molecule has 0 bridgehead atoms. The standard InChI is InChI=1S/C40H32BCl2F3N4O7/c1-18-12-20(13-19(2)33(18)51)32-26-10-11-27-31(37(54)49(35(27)52)25-5-3-4-23(15-25)41(56)57)28(26)16-29-36(53)50(38(55)39(29,32)21-6-8-24(42)9-7-21)48-34-30(43)14-22(17-47-34)40(44,45)46/h3-10,12-15,17,27-29,31-32,51,56-57H,11,16H2,1-2H3,(H,47,48)/t27-,28+,29-,31-,32-,39+/m0/s1. The molecule has 0 radical (unpaired) electrons. The number of hydrogen-bond donors (Lipinski definition) is 4. The molecule has 4 aromatic rings. The lowest BCUT2D eigenvalue weighted by Crippen LogP contribution is -2.53. The second-order valence-corrected chi connectivity index (χ2v) is 15.7. The first-order chi connectivity index (χ1) is 26.9. The summed E-state index contributed by atoms with van der Waals surface area (Å²) >= 11 is 12.6. The maximum Gasteiger partial charge on any atom is 0.488 e. The van der Waals surface area contributed by atoms with Gasteiger partial charge in [0.2, 0.25) is 11.8 Å². The van der Waals surface area contributed by atoms with Gasteiger partial charge in [-0.3, -0.25) is 29.5 Å². The number of benzene rings is 3. The number of phenolic OH excluding ortho intramolecular Hbond substituents is 1. The fourth-order valence-corrected chi connectivity index (χ4v) is 9.73. The van der Waals surface area contributed by atoms with E-state index in [1.165, 1.54) is 24.3 Å². The van der Waals surface area contributed by atoms with Gasteiger partial charge in [0.25, 0.3) is 11.8 Å².